The van der Waals surface area contributed by atoms with Gasteiger partial charge in [0.05, 0.1) is 6.10 Å². The number of aliphatic hydroxyl groups excluding tert-OH is 1. The van der Waals surface area contributed by atoms with Gasteiger partial charge in [0.1, 0.15) is 5.75 Å². The second-order valence-electron chi connectivity index (χ2n) is 4.41. The van der Waals surface area contributed by atoms with Crippen molar-refractivity contribution in [3.8, 4) is 5.75 Å². The highest BCUT2D eigenvalue weighted by Crippen LogP contribution is 2.15. The molecule has 2 atom stereocenters. The number of rotatable bonds is 6. The van der Waals surface area contributed by atoms with Crippen molar-refractivity contribution < 1.29 is 14.6 Å². The van der Waals surface area contributed by atoms with Gasteiger partial charge in [0.2, 0.25) is 0 Å². The lowest BCUT2D eigenvalue weighted by Gasteiger charge is -2.13. The first-order valence-corrected chi connectivity index (χ1v) is 6.18. The van der Waals surface area contributed by atoms with Crippen LogP contribution in [0.5, 0.6) is 5.75 Å². The molecule has 0 saturated heterocycles. The summed E-state index contributed by atoms with van der Waals surface area (Å²) in [6.45, 7) is 3.49. The zero-order chi connectivity index (χ0) is 13.5. The SMILES string of the molecule is CNC(=O)C(C)Oc1ccc(CCC(C)O)cc1. The van der Waals surface area contributed by atoms with Crippen LogP contribution in [0.2, 0.25) is 0 Å². The average molecular weight is 251 g/mol. The molecule has 18 heavy (non-hydrogen) atoms. The molecule has 0 aliphatic heterocycles. The first kappa shape index (κ1) is 14.5. The van der Waals surface area contributed by atoms with Gasteiger partial charge in [0.25, 0.3) is 5.91 Å². The van der Waals surface area contributed by atoms with E-state index in [4.69, 9.17) is 4.74 Å². The van der Waals surface area contributed by atoms with Crippen molar-refractivity contribution in [1.82, 2.24) is 5.32 Å². The zero-order valence-corrected chi connectivity index (χ0v) is 11.1. The van der Waals surface area contributed by atoms with Gasteiger partial charge in [-0.25, -0.2) is 0 Å². The quantitative estimate of drug-likeness (QED) is 0.805. The van der Waals surface area contributed by atoms with E-state index < -0.39 is 6.10 Å². The molecule has 0 bridgehead atoms. The molecular weight excluding hydrogens is 230 g/mol. The van der Waals surface area contributed by atoms with Crippen LogP contribution in [-0.2, 0) is 11.2 Å². The van der Waals surface area contributed by atoms with Crippen LogP contribution in [-0.4, -0.2) is 30.3 Å². The van der Waals surface area contributed by atoms with Crippen LogP contribution < -0.4 is 10.1 Å². The molecule has 1 aromatic carbocycles. The van der Waals surface area contributed by atoms with E-state index in [0.29, 0.717) is 5.75 Å². The maximum atomic E-state index is 11.3. The van der Waals surface area contributed by atoms with Crippen LogP contribution in [0.3, 0.4) is 0 Å². The summed E-state index contributed by atoms with van der Waals surface area (Å²) in [6.07, 6.45) is 0.796. The van der Waals surface area contributed by atoms with Gasteiger partial charge in [0, 0.05) is 7.05 Å². The Balaban J connectivity index is 2.52. The summed E-state index contributed by atoms with van der Waals surface area (Å²) in [4.78, 5) is 11.3. The number of hydrogen-bond donors (Lipinski definition) is 2. The van der Waals surface area contributed by atoms with Crippen LogP contribution in [0.1, 0.15) is 25.8 Å². The third-order valence-corrected chi connectivity index (χ3v) is 2.70. The Morgan fingerprint density at radius 1 is 1.33 bits per heavy atom. The summed E-state index contributed by atoms with van der Waals surface area (Å²) >= 11 is 0. The Labute approximate surface area is 108 Å². The number of likely N-dealkylation sites (N-methyl/N-ethyl adjacent to an activating group) is 1. The molecular formula is C14H21NO3. The van der Waals surface area contributed by atoms with E-state index in [2.05, 4.69) is 5.32 Å². The van der Waals surface area contributed by atoms with Crippen LogP contribution in [0.15, 0.2) is 24.3 Å². The third-order valence-electron chi connectivity index (χ3n) is 2.70. The van der Waals surface area contributed by atoms with Crippen LogP contribution in [0.25, 0.3) is 0 Å². The predicted molar refractivity (Wildman–Crippen MR) is 70.6 cm³/mol. The molecule has 0 aromatic heterocycles. The topological polar surface area (TPSA) is 58.6 Å². The van der Waals surface area contributed by atoms with E-state index >= 15 is 0 Å². The van der Waals surface area contributed by atoms with Gasteiger partial charge >= 0.3 is 0 Å². The van der Waals surface area contributed by atoms with Crippen molar-refractivity contribution in [2.45, 2.75) is 38.9 Å². The highest BCUT2D eigenvalue weighted by Gasteiger charge is 2.12. The first-order chi connectivity index (χ1) is 8.52. The molecule has 0 fully saturated rings. The predicted octanol–water partition coefficient (Wildman–Crippen LogP) is 1.51. The Bertz CT molecular complexity index is 373. The van der Waals surface area contributed by atoms with E-state index in [9.17, 15) is 9.90 Å². The molecule has 0 spiro atoms. The Kier molecular flexibility index (Phi) is 5.65. The van der Waals surface area contributed by atoms with E-state index in [1.807, 2.05) is 24.3 Å². The summed E-state index contributed by atoms with van der Waals surface area (Å²) in [5.41, 5.74) is 1.15. The number of aliphatic hydroxyl groups is 1. The second kappa shape index (κ2) is 7.01. The number of hydrogen-bond acceptors (Lipinski definition) is 3. The first-order valence-electron chi connectivity index (χ1n) is 6.18. The Morgan fingerprint density at radius 3 is 2.44 bits per heavy atom. The molecule has 2 N–H and O–H groups in total. The fraction of sp³-hybridized carbons (Fsp3) is 0.500. The molecule has 0 aliphatic carbocycles. The molecule has 0 heterocycles. The lowest BCUT2D eigenvalue weighted by Crippen LogP contribution is -2.33. The number of nitrogens with one attached hydrogen (secondary N) is 1. The van der Waals surface area contributed by atoms with Gasteiger partial charge < -0.3 is 15.2 Å². The lowest BCUT2D eigenvalue weighted by molar-refractivity contribution is -0.126. The summed E-state index contributed by atoms with van der Waals surface area (Å²) in [5.74, 6) is 0.528. The second-order valence-corrected chi connectivity index (χ2v) is 4.41. The molecule has 1 aromatic rings. The summed E-state index contributed by atoms with van der Waals surface area (Å²) in [5, 5.41) is 11.7. The molecule has 0 saturated carbocycles. The molecule has 1 amide bonds. The molecule has 0 radical (unpaired) electrons. The third kappa shape index (κ3) is 4.75. The minimum Gasteiger partial charge on any atom is -0.481 e. The van der Waals surface area contributed by atoms with Crippen molar-refractivity contribution in [2.24, 2.45) is 0 Å². The Morgan fingerprint density at radius 2 is 1.94 bits per heavy atom. The summed E-state index contributed by atoms with van der Waals surface area (Å²) in [7, 11) is 1.58. The van der Waals surface area contributed by atoms with Gasteiger partial charge in [-0.3, -0.25) is 4.79 Å². The van der Waals surface area contributed by atoms with Crippen molar-refractivity contribution in [3.63, 3.8) is 0 Å². The number of carbonyl (C=O) groups excluding carboxylic acids is 1. The lowest BCUT2D eigenvalue weighted by atomic mass is 10.1. The van der Waals surface area contributed by atoms with Gasteiger partial charge in [-0.1, -0.05) is 12.1 Å². The van der Waals surface area contributed by atoms with E-state index in [1.165, 1.54) is 0 Å². The number of benzene rings is 1. The van der Waals surface area contributed by atoms with Crippen LogP contribution in [0.4, 0.5) is 0 Å². The monoisotopic (exact) mass is 251 g/mol. The number of aryl methyl sites for hydroxylation is 1. The normalized spacial score (nSPS) is 13.8. The fourth-order valence-corrected chi connectivity index (χ4v) is 1.57. The molecule has 1 rings (SSSR count). The average Bonchev–Trinajstić information content (AvgIpc) is 2.36. The van der Waals surface area contributed by atoms with Crippen molar-refractivity contribution >= 4 is 5.91 Å². The fourth-order valence-electron chi connectivity index (χ4n) is 1.57. The largest absolute Gasteiger partial charge is 0.481 e. The number of carbonyl (C=O) groups is 1. The van der Waals surface area contributed by atoms with Crippen molar-refractivity contribution in [1.29, 1.82) is 0 Å². The standard InChI is InChI=1S/C14H21NO3/c1-10(16)4-5-12-6-8-13(9-7-12)18-11(2)14(17)15-3/h6-11,16H,4-5H2,1-3H3,(H,15,17). The zero-order valence-electron chi connectivity index (χ0n) is 11.1. The molecule has 100 valence electrons. The maximum Gasteiger partial charge on any atom is 0.260 e. The van der Waals surface area contributed by atoms with E-state index in [1.54, 1.807) is 20.9 Å². The van der Waals surface area contributed by atoms with Gasteiger partial charge in [-0.2, -0.15) is 0 Å². The molecule has 2 unspecified atom stereocenters. The minimum atomic E-state index is -0.502. The Hall–Kier alpha value is -1.55. The molecule has 0 aliphatic rings. The smallest absolute Gasteiger partial charge is 0.260 e. The van der Waals surface area contributed by atoms with Crippen molar-refractivity contribution in [3.05, 3.63) is 29.8 Å². The van der Waals surface area contributed by atoms with Crippen LogP contribution >= 0.6 is 0 Å². The van der Waals surface area contributed by atoms with E-state index in [0.717, 1.165) is 18.4 Å². The maximum absolute atomic E-state index is 11.3. The molecule has 4 heteroatoms. The van der Waals surface area contributed by atoms with Crippen molar-refractivity contribution in [2.75, 3.05) is 7.05 Å². The minimum absolute atomic E-state index is 0.145. The summed E-state index contributed by atoms with van der Waals surface area (Å²) in [6, 6.07) is 7.59. The summed E-state index contributed by atoms with van der Waals surface area (Å²) < 4.78 is 5.49. The highest BCUT2D eigenvalue weighted by atomic mass is 16.5. The van der Waals surface area contributed by atoms with Gasteiger partial charge in [-0.05, 0) is 44.4 Å². The molecule has 4 nitrogen and oxygen atoms in total. The number of amides is 1. The van der Waals surface area contributed by atoms with Gasteiger partial charge in [-0.15, -0.1) is 0 Å². The highest BCUT2D eigenvalue weighted by molar-refractivity contribution is 5.80. The van der Waals surface area contributed by atoms with Gasteiger partial charge in [0.15, 0.2) is 6.10 Å². The van der Waals surface area contributed by atoms with E-state index in [-0.39, 0.29) is 12.0 Å². The van der Waals surface area contributed by atoms with Crippen LogP contribution in [0, 0.1) is 0 Å². The number of ether oxygens (including phenoxy) is 1.